The predicted octanol–water partition coefficient (Wildman–Crippen LogP) is 2.47. The Morgan fingerprint density at radius 2 is 1.94 bits per heavy atom. The first-order chi connectivity index (χ1) is 7.99. The van der Waals surface area contributed by atoms with Crippen molar-refractivity contribution in [1.29, 1.82) is 5.26 Å². The Hall–Kier alpha value is -1.53. The van der Waals surface area contributed by atoms with Crippen molar-refractivity contribution < 1.29 is 4.74 Å². The van der Waals surface area contributed by atoms with E-state index in [4.69, 9.17) is 10.00 Å². The van der Waals surface area contributed by atoms with Gasteiger partial charge in [-0.2, -0.15) is 5.26 Å². The van der Waals surface area contributed by atoms with Crippen molar-refractivity contribution in [2.45, 2.75) is 32.2 Å². The number of rotatable bonds is 5. The van der Waals surface area contributed by atoms with Crippen LogP contribution in [0.4, 0.5) is 0 Å². The maximum atomic E-state index is 8.74. The average Bonchev–Trinajstić information content (AvgIpc) is 2.36. The van der Waals surface area contributed by atoms with Gasteiger partial charge in [0.25, 0.3) is 0 Å². The first kappa shape index (κ1) is 13.5. The second-order valence-electron chi connectivity index (χ2n) is 4.84. The number of benzene rings is 1. The van der Waals surface area contributed by atoms with E-state index in [1.165, 1.54) is 5.56 Å². The first-order valence-corrected chi connectivity index (χ1v) is 5.77. The van der Waals surface area contributed by atoms with E-state index in [2.05, 4.69) is 37.4 Å². The van der Waals surface area contributed by atoms with Crippen LogP contribution in [-0.4, -0.2) is 19.7 Å². The van der Waals surface area contributed by atoms with Gasteiger partial charge < -0.3 is 10.1 Å². The third-order valence-electron chi connectivity index (χ3n) is 2.92. The number of methoxy groups -OCH3 is 1. The van der Waals surface area contributed by atoms with Crippen molar-refractivity contribution in [3.05, 3.63) is 29.8 Å². The molecule has 92 valence electrons. The maximum absolute atomic E-state index is 8.74. The van der Waals surface area contributed by atoms with Crippen molar-refractivity contribution in [2.75, 3.05) is 13.7 Å². The molecule has 3 heteroatoms. The van der Waals surface area contributed by atoms with E-state index in [1.807, 2.05) is 19.1 Å². The highest BCUT2D eigenvalue weighted by Gasteiger charge is 2.20. The first-order valence-electron chi connectivity index (χ1n) is 5.77. The van der Waals surface area contributed by atoms with Gasteiger partial charge in [0.05, 0.1) is 19.2 Å². The third kappa shape index (κ3) is 3.76. The minimum atomic E-state index is -0.118. The second kappa shape index (κ2) is 5.70. The van der Waals surface area contributed by atoms with Gasteiger partial charge in [-0.05, 0) is 24.6 Å². The van der Waals surface area contributed by atoms with Gasteiger partial charge in [0.2, 0.25) is 0 Å². The fraction of sp³-hybridized carbons (Fsp3) is 0.500. The molecule has 1 atom stereocenters. The molecule has 0 aliphatic carbocycles. The summed E-state index contributed by atoms with van der Waals surface area (Å²) in [6.07, 6.45) is 0. The van der Waals surface area contributed by atoms with Gasteiger partial charge in [0.1, 0.15) is 5.75 Å². The van der Waals surface area contributed by atoms with Gasteiger partial charge in [-0.1, -0.05) is 26.0 Å². The third-order valence-corrected chi connectivity index (χ3v) is 2.92. The van der Waals surface area contributed by atoms with E-state index < -0.39 is 0 Å². The summed E-state index contributed by atoms with van der Waals surface area (Å²) in [4.78, 5) is 0. The minimum Gasteiger partial charge on any atom is -0.497 e. The topological polar surface area (TPSA) is 45.0 Å². The summed E-state index contributed by atoms with van der Waals surface area (Å²) in [6.45, 7) is 6.95. The largest absolute Gasteiger partial charge is 0.497 e. The van der Waals surface area contributed by atoms with Crippen molar-refractivity contribution in [1.82, 2.24) is 5.32 Å². The van der Waals surface area contributed by atoms with E-state index in [9.17, 15) is 0 Å². The molecular formula is C14H20N2O. The van der Waals surface area contributed by atoms with Crippen molar-refractivity contribution in [2.24, 2.45) is 0 Å². The Kier molecular flexibility index (Phi) is 4.53. The van der Waals surface area contributed by atoms with Crippen LogP contribution in [0, 0.1) is 11.3 Å². The molecule has 1 unspecified atom stereocenters. The van der Waals surface area contributed by atoms with Crippen molar-refractivity contribution in [3.8, 4) is 11.8 Å². The SMILES string of the molecule is COc1ccc(C(C)(C)CNC(C)C#N)cc1. The molecule has 1 aromatic rings. The number of nitriles is 1. The van der Waals surface area contributed by atoms with Crippen molar-refractivity contribution >= 4 is 0 Å². The molecule has 0 spiro atoms. The molecule has 0 heterocycles. The van der Waals surface area contributed by atoms with E-state index in [0.717, 1.165) is 12.3 Å². The molecular weight excluding hydrogens is 212 g/mol. The Morgan fingerprint density at radius 1 is 1.35 bits per heavy atom. The molecule has 0 saturated carbocycles. The lowest BCUT2D eigenvalue weighted by Crippen LogP contribution is -2.37. The molecule has 3 nitrogen and oxygen atoms in total. The molecule has 1 aromatic carbocycles. The molecule has 0 aliphatic rings. The summed E-state index contributed by atoms with van der Waals surface area (Å²) in [6, 6.07) is 10.1. The van der Waals surface area contributed by atoms with E-state index >= 15 is 0 Å². The Labute approximate surface area is 103 Å². The van der Waals surface area contributed by atoms with Crippen LogP contribution < -0.4 is 10.1 Å². The molecule has 0 bridgehead atoms. The second-order valence-corrected chi connectivity index (χ2v) is 4.84. The van der Waals surface area contributed by atoms with Crippen LogP contribution in [-0.2, 0) is 5.41 Å². The predicted molar refractivity (Wildman–Crippen MR) is 69.1 cm³/mol. The Bertz CT molecular complexity index is 390. The van der Waals surface area contributed by atoms with Gasteiger partial charge in [-0.3, -0.25) is 0 Å². The van der Waals surface area contributed by atoms with Crippen molar-refractivity contribution in [3.63, 3.8) is 0 Å². The zero-order valence-electron chi connectivity index (χ0n) is 10.9. The molecule has 0 radical (unpaired) electrons. The highest BCUT2D eigenvalue weighted by atomic mass is 16.5. The summed E-state index contributed by atoms with van der Waals surface area (Å²) in [5, 5.41) is 11.9. The van der Waals surface area contributed by atoms with Gasteiger partial charge >= 0.3 is 0 Å². The van der Waals surface area contributed by atoms with Gasteiger partial charge in [-0.25, -0.2) is 0 Å². The summed E-state index contributed by atoms with van der Waals surface area (Å²) in [5.41, 5.74) is 1.23. The zero-order chi connectivity index (χ0) is 12.9. The Balaban J connectivity index is 2.71. The standard InChI is InChI=1S/C14H20N2O/c1-11(9-15)16-10-14(2,3)12-5-7-13(17-4)8-6-12/h5-8,11,16H,10H2,1-4H3. The molecule has 1 rings (SSSR count). The van der Waals surface area contributed by atoms with Crippen LogP contribution in [0.2, 0.25) is 0 Å². The molecule has 0 amide bonds. The van der Waals surface area contributed by atoms with E-state index in [-0.39, 0.29) is 11.5 Å². The highest BCUT2D eigenvalue weighted by molar-refractivity contribution is 5.31. The lowest BCUT2D eigenvalue weighted by Gasteiger charge is -2.26. The molecule has 0 aromatic heterocycles. The molecule has 0 aliphatic heterocycles. The lowest BCUT2D eigenvalue weighted by molar-refractivity contribution is 0.413. The van der Waals surface area contributed by atoms with Gasteiger partial charge in [0.15, 0.2) is 0 Å². The maximum Gasteiger partial charge on any atom is 0.118 e. The molecule has 17 heavy (non-hydrogen) atoms. The molecule has 1 N–H and O–H groups in total. The van der Waals surface area contributed by atoms with E-state index in [1.54, 1.807) is 7.11 Å². The summed E-state index contributed by atoms with van der Waals surface area (Å²) in [7, 11) is 1.66. The molecule has 0 saturated heterocycles. The normalized spacial score (nSPS) is 12.9. The highest BCUT2D eigenvalue weighted by Crippen LogP contribution is 2.24. The van der Waals surface area contributed by atoms with Crippen LogP contribution >= 0.6 is 0 Å². The number of hydrogen-bond donors (Lipinski definition) is 1. The molecule has 0 fully saturated rings. The lowest BCUT2D eigenvalue weighted by atomic mass is 9.84. The quantitative estimate of drug-likeness (QED) is 0.848. The number of ether oxygens (including phenoxy) is 1. The van der Waals surface area contributed by atoms with E-state index in [0.29, 0.717) is 0 Å². The average molecular weight is 232 g/mol. The van der Waals surface area contributed by atoms with Crippen LogP contribution in [0.1, 0.15) is 26.3 Å². The zero-order valence-corrected chi connectivity index (χ0v) is 10.9. The smallest absolute Gasteiger partial charge is 0.118 e. The van der Waals surface area contributed by atoms with Crippen LogP contribution in [0.15, 0.2) is 24.3 Å². The van der Waals surface area contributed by atoms with Gasteiger partial charge in [0, 0.05) is 12.0 Å². The summed E-state index contributed by atoms with van der Waals surface area (Å²) < 4.78 is 5.14. The van der Waals surface area contributed by atoms with Gasteiger partial charge in [-0.15, -0.1) is 0 Å². The fourth-order valence-electron chi connectivity index (χ4n) is 1.60. The Morgan fingerprint density at radius 3 is 2.41 bits per heavy atom. The monoisotopic (exact) mass is 232 g/mol. The summed E-state index contributed by atoms with van der Waals surface area (Å²) >= 11 is 0. The summed E-state index contributed by atoms with van der Waals surface area (Å²) in [5.74, 6) is 0.864. The van der Waals surface area contributed by atoms with Crippen LogP contribution in [0.25, 0.3) is 0 Å². The number of nitrogens with one attached hydrogen (secondary N) is 1. The fourth-order valence-corrected chi connectivity index (χ4v) is 1.60. The number of hydrogen-bond acceptors (Lipinski definition) is 3. The van der Waals surface area contributed by atoms with Crippen LogP contribution in [0.3, 0.4) is 0 Å². The minimum absolute atomic E-state index is 0.00260. The van der Waals surface area contributed by atoms with Crippen LogP contribution in [0.5, 0.6) is 5.75 Å². The number of nitrogens with zero attached hydrogens (tertiary/aromatic N) is 1.